The van der Waals surface area contributed by atoms with Crippen molar-refractivity contribution in [2.24, 2.45) is 5.73 Å². The van der Waals surface area contributed by atoms with Gasteiger partial charge in [0.25, 0.3) is 0 Å². The van der Waals surface area contributed by atoms with Gasteiger partial charge in [-0.15, -0.1) is 0 Å². The molecule has 144 valence electrons. The summed E-state index contributed by atoms with van der Waals surface area (Å²) in [4.78, 5) is 10.6. The van der Waals surface area contributed by atoms with E-state index < -0.39 is 12.0 Å². The molecule has 1 aromatic carbocycles. The Labute approximate surface area is 162 Å². The second-order valence-corrected chi connectivity index (χ2v) is 6.73. The molecular formula is C21H21FN4O2. The number of rotatable bonds is 5. The van der Waals surface area contributed by atoms with Gasteiger partial charge in [-0.25, -0.2) is 14.4 Å². The molecule has 7 heteroatoms. The Balaban J connectivity index is 1.61. The number of hydrogen-bond donors (Lipinski definition) is 2. The number of halogens is 1. The van der Waals surface area contributed by atoms with Crippen LogP contribution >= 0.6 is 0 Å². The van der Waals surface area contributed by atoms with Crippen LogP contribution in [0.1, 0.15) is 28.5 Å². The van der Waals surface area contributed by atoms with Gasteiger partial charge < -0.3 is 20.5 Å². The molecule has 6 nitrogen and oxygen atoms in total. The Morgan fingerprint density at radius 3 is 2.86 bits per heavy atom. The topological polar surface area (TPSA) is 84.5 Å². The predicted octanol–water partition coefficient (Wildman–Crippen LogP) is 2.86. The lowest BCUT2D eigenvalue weighted by atomic mass is 10.0. The zero-order chi connectivity index (χ0) is 19.7. The quantitative estimate of drug-likeness (QED) is 0.662. The Hall–Kier alpha value is -3.03. The molecule has 0 fully saturated rings. The summed E-state index contributed by atoms with van der Waals surface area (Å²) in [5, 5.41) is 9.81. The van der Waals surface area contributed by atoms with Gasteiger partial charge in [-0.2, -0.15) is 0 Å². The van der Waals surface area contributed by atoms with Crippen molar-refractivity contribution < 1.29 is 14.2 Å². The standard InChI is InChI=1S/C21H21FN4O2/c1-28-21-17(22)10-14(12-25-21)9-13-5-7-24-19(11-13)26-8-6-15-16(20(23)27)3-2-4-18(15)26/h2-5,7,10-12,20,27H,6,8-9,23H2,1H3. The van der Waals surface area contributed by atoms with Crippen LogP contribution in [0.5, 0.6) is 5.88 Å². The summed E-state index contributed by atoms with van der Waals surface area (Å²) in [5.74, 6) is 0.322. The zero-order valence-corrected chi connectivity index (χ0v) is 15.5. The van der Waals surface area contributed by atoms with Crippen LogP contribution in [0.3, 0.4) is 0 Å². The smallest absolute Gasteiger partial charge is 0.250 e. The van der Waals surface area contributed by atoms with Crippen LogP contribution < -0.4 is 15.4 Å². The van der Waals surface area contributed by atoms with Crippen molar-refractivity contribution >= 4 is 11.5 Å². The maximum atomic E-state index is 13.9. The van der Waals surface area contributed by atoms with Gasteiger partial charge >= 0.3 is 0 Å². The van der Waals surface area contributed by atoms with Crippen molar-refractivity contribution in [3.05, 3.63) is 76.9 Å². The molecule has 3 heterocycles. The number of benzene rings is 1. The van der Waals surface area contributed by atoms with E-state index in [2.05, 4.69) is 14.9 Å². The molecule has 0 saturated heterocycles. The van der Waals surface area contributed by atoms with E-state index in [1.807, 2.05) is 30.3 Å². The third-order valence-corrected chi connectivity index (χ3v) is 4.93. The van der Waals surface area contributed by atoms with E-state index in [-0.39, 0.29) is 5.88 Å². The van der Waals surface area contributed by atoms with Crippen LogP contribution in [0.25, 0.3) is 0 Å². The molecule has 1 aliphatic rings. The van der Waals surface area contributed by atoms with Gasteiger partial charge in [0.1, 0.15) is 12.0 Å². The Morgan fingerprint density at radius 2 is 2.11 bits per heavy atom. The van der Waals surface area contributed by atoms with Gasteiger partial charge in [0, 0.05) is 30.2 Å². The first-order valence-corrected chi connectivity index (χ1v) is 9.03. The summed E-state index contributed by atoms with van der Waals surface area (Å²) in [6, 6.07) is 11.1. The Morgan fingerprint density at radius 1 is 1.25 bits per heavy atom. The lowest BCUT2D eigenvalue weighted by molar-refractivity contribution is 0.185. The number of anilines is 2. The van der Waals surface area contributed by atoms with Crippen molar-refractivity contribution in [3.8, 4) is 5.88 Å². The van der Waals surface area contributed by atoms with Gasteiger partial charge in [-0.3, -0.25) is 0 Å². The molecule has 1 aliphatic heterocycles. The van der Waals surface area contributed by atoms with E-state index >= 15 is 0 Å². The fraction of sp³-hybridized carbons (Fsp3) is 0.238. The van der Waals surface area contributed by atoms with Crippen LogP contribution in [0.15, 0.2) is 48.8 Å². The second-order valence-electron chi connectivity index (χ2n) is 6.73. The SMILES string of the molecule is COc1ncc(Cc2ccnc(N3CCc4c(C(N)O)cccc43)c2)cc1F. The fourth-order valence-electron chi connectivity index (χ4n) is 3.64. The normalized spacial score (nSPS) is 14.1. The van der Waals surface area contributed by atoms with E-state index in [4.69, 9.17) is 10.5 Å². The average Bonchev–Trinajstić information content (AvgIpc) is 3.12. The monoisotopic (exact) mass is 380 g/mol. The van der Waals surface area contributed by atoms with Crippen LogP contribution in [-0.2, 0) is 12.8 Å². The van der Waals surface area contributed by atoms with Gasteiger partial charge in [-0.1, -0.05) is 12.1 Å². The van der Waals surface area contributed by atoms with E-state index in [1.54, 1.807) is 12.4 Å². The highest BCUT2D eigenvalue weighted by Crippen LogP contribution is 2.37. The number of aromatic nitrogens is 2. The van der Waals surface area contributed by atoms with Crippen LogP contribution in [-0.4, -0.2) is 28.7 Å². The highest BCUT2D eigenvalue weighted by Gasteiger charge is 2.25. The lowest BCUT2D eigenvalue weighted by Crippen LogP contribution is -2.15. The average molecular weight is 380 g/mol. The van der Waals surface area contributed by atoms with E-state index in [0.717, 1.165) is 46.7 Å². The second kappa shape index (κ2) is 7.53. The highest BCUT2D eigenvalue weighted by atomic mass is 19.1. The minimum atomic E-state index is -0.994. The number of aliphatic hydroxyl groups excluding tert-OH is 1. The first kappa shape index (κ1) is 18.3. The molecule has 0 radical (unpaired) electrons. The summed E-state index contributed by atoms with van der Waals surface area (Å²) >= 11 is 0. The molecule has 1 atom stereocenters. The third-order valence-electron chi connectivity index (χ3n) is 4.93. The number of nitrogens with zero attached hydrogens (tertiary/aromatic N) is 3. The molecule has 0 spiro atoms. The zero-order valence-electron chi connectivity index (χ0n) is 15.5. The Bertz CT molecular complexity index is 1010. The number of fused-ring (bicyclic) bond motifs is 1. The maximum absolute atomic E-state index is 13.9. The van der Waals surface area contributed by atoms with Crippen molar-refractivity contribution in [2.45, 2.75) is 19.1 Å². The van der Waals surface area contributed by atoms with Crippen LogP contribution in [0.2, 0.25) is 0 Å². The maximum Gasteiger partial charge on any atom is 0.250 e. The number of pyridine rings is 2. The van der Waals surface area contributed by atoms with E-state index in [1.165, 1.54) is 13.2 Å². The molecule has 2 aromatic heterocycles. The summed E-state index contributed by atoms with van der Waals surface area (Å²) < 4.78 is 18.8. The summed E-state index contributed by atoms with van der Waals surface area (Å²) in [7, 11) is 1.39. The molecule has 3 aromatic rings. The van der Waals surface area contributed by atoms with Crippen LogP contribution in [0, 0.1) is 5.82 Å². The minimum absolute atomic E-state index is 0.00858. The predicted molar refractivity (Wildman–Crippen MR) is 104 cm³/mol. The number of aliphatic hydroxyl groups is 1. The van der Waals surface area contributed by atoms with Crippen LogP contribution in [0.4, 0.5) is 15.9 Å². The van der Waals surface area contributed by atoms with Crippen molar-refractivity contribution in [1.82, 2.24) is 9.97 Å². The summed E-state index contributed by atoms with van der Waals surface area (Å²) in [6.45, 7) is 0.758. The third kappa shape index (κ3) is 3.42. The molecule has 0 bridgehead atoms. The van der Waals surface area contributed by atoms with Crippen molar-refractivity contribution in [1.29, 1.82) is 0 Å². The summed E-state index contributed by atoms with van der Waals surface area (Å²) in [5.41, 5.74) is 10.2. The van der Waals surface area contributed by atoms with Gasteiger partial charge in [0.2, 0.25) is 5.88 Å². The van der Waals surface area contributed by atoms with Crippen molar-refractivity contribution in [3.63, 3.8) is 0 Å². The molecule has 28 heavy (non-hydrogen) atoms. The first-order chi connectivity index (χ1) is 13.6. The Kier molecular flexibility index (Phi) is 4.93. The van der Waals surface area contributed by atoms with Gasteiger partial charge in [-0.05, 0) is 53.8 Å². The molecule has 3 N–H and O–H groups in total. The molecule has 0 amide bonds. The largest absolute Gasteiger partial charge is 0.479 e. The molecular weight excluding hydrogens is 359 g/mol. The molecule has 4 rings (SSSR count). The number of nitrogens with two attached hydrogens (primary N) is 1. The fourth-order valence-corrected chi connectivity index (χ4v) is 3.64. The number of ether oxygens (including phenoxy) is 1. The molecule has 0 saturated carbocycles. The van der Waals surface area contributed by atoms with Gasteiger partial charge in [0.15, 0.2) is 5.82 Å². The van der Waals surface area contributed by atoms with Crippen molar-refractivity contribution in [2.75, 3.05) is 18.6 Å². The number of methoxy groups -OCH3 is 1. The first-order valence-electron chi connectivity index (χ1n) is 9.03. The summed E-state index contributed by atoms with van der Waals surface area (Å²) in [6.07, 6.45) is 3.69. The lowest BCUT2D eigenvalue weighted by Gasteiger charge is -2.20. The minimum Gasteiger partial charge on any atom is -0.479 e. The molecule has 0 aliphatic carbocycles. The van der Waals surface area contributed by atoms with E-state index in [9.17, 15) is 9.50 Å². The van der Waals surface area contributed by atoms with Gasteiger partial charge in [0.05, 0.1) is 7.11 Å². The van der Waals surface area contributed by atoms with E-state index in [0.29, 0.717) is 6.42 Å². The molecule has 1 unspecified atom stereocenters. The number of hydrogen-bond acceptors (Lipinski definition) is 6. The highest BCUT2D eigenvalue weighted by molar-refractivity contribution is 5.69.